The van der Waals surface area contributed by atoms with Crippen LogP contribution in [0.4, 0.5) is 48.3 Å². The number of hydrogen-bond acceptors (Lipinski definition) is 1. The molecular weight excluding hydrogens is 309 g/mol. The highest BCUT2D eigenvalue weighted by atomic mass is 19.4. The van der Waals surface area contributed by atoms with E-state index in [2.05, 4.69) is 6.58 Å². The van der Waals surface area contributed by atoms with Gasteiger partial charge in [-0.1, -0.05) is 6.58 Å². The third kappa shape index (κ3) is 3.09. The quantitative estimate of drug-likeness (QED) is 0.713. The molecule has 0 aliphatic heterocycles. The van der Waals surface area contributed by atoms with Crippen LogP contribution in [0.2, 0.25) is 0 Å². The third-order valence-corrected chi connectivity index (χ3v) is 1.71. The lowest BCUT2D eigenvalue weighted by atomic mass is 9.95. The largest absolute Gasteiger partial charge is 0.527 e. The van der Waals surface area contributed by atoms with E-state index < -0.39 is 36.3 Å². The van der Waals surface area contributed by atoms with E-state index in [9.17, 15) is 48.3 Å². The highest BCUT2D eigenvalue weighted by Gasteiger charge is 2.81. The molecule has 0 amide bonds. The van der Waals surface area contributed by atoms with Crippen molar-refractivity contribution in [3.05, 3.63) is 12.7 Å². The van der Waals surface area contributed by atoms with Crippen molar-refractivity contribution in [2.24, 2.45) is 0 Å². The van der Waals surface area contributed by atoms with E-state index >= 15 is 0 Å². The van der Waals surface area contributed by atoms with Gasteiger partial charge in [0.25, 0.3) is 5.67 Å². The smallest absolute Gasteiger partial charge is 0.223 e. The lowest BCUT2D eigenvalue weighted by molar-refractivity contribution is -0.472. The molecule has 0 saturated heterocycles. The average Bonchev–Trinajstić information content (AvgIpc) is 2.10. The van der Waals surface area contributed by atoms with Gasteiger partial charge in [-0.25, -0.2) is 9.13 Å². The van der Waals surface area contributed by atoms with Crippen LogP contribution in [-0.2, 0) is 4.74 Å². The Kier molecular flexibility index (Phi) is 4.24. The lowest BCUT2D eigenvalue weighted by Crippen LogP contribution is -2.64. The average molecular weight is 311 g/mol. The van der Waals surface area contributed by atoms with Crippen molar-refractivity contribution in [3.63, 3.8) is 0 Å². The first kappa shape index (κ1) is 17.9. The van der Waals surface area contributed by atoms with Crippen LogP contribution in [0.15, 0.2) is 6.08 Å². The molecule has 0 aromatic heterocycles. The summed E-state index contributed by atoms with van der Waals surface area (Å²) in [5.74, 6) is -6.93. The van der Waals surface area contributed by atoms with E-state index in [1.165, 1.54) is 0 Å². The van der Waals surface area contributed by atoms with Gasteiger partial charge in [0, 0.05) is 0 Å². The minimum absolute atomic E-state index is 1.55. The van der Waals surface area contributed by atoms with Crippen molar-refractivity contribution < 1.29 is 53.0 Å². The molecule has 113 valence electrons. The summed E-state index contributed by atoms with van der Waals surface area (Å²) in [4.78, 5) is 0. The maximum Gasteiger partial charge on any atom is 0.527 e. The Morgan fingerprint density at radius 2 is 1.11 bits per heavy atom. The zero-order chi connectivity index (χ0) is 15.9. The van der Waals surface area contributed by atoms with Gasteiger partial charge < -0.3 is 0 Å². The summed E-state index contributed by atoms with van der Waals surface area (Å²) in [5, 5.41) is 0. The molecule has 0 rings (SSSR count). The molecule has 0 aromatic rings. The minimum Gasteiger partial charge on any atom is -0.223 e. The molecule has 0 aliphatic rings. The summed E-state index contributed by atoms with van der Waals surface area (Å²) in [7, 11) is 0. The van der Waals surface area contributed by atoms with Crippen molar-refractivity contribution in [2.75, 3.05) is 0 Å². The Bertz CT molecular complexity index is 340. The number of hydrogen-bond donors (Lipinski definition) is 0. The molecule has 0 heterocycles. The SMILES string of the molecule is [CH]=CC(F)(C(F)(F)OC(F)(F)F)C(F)(F)C(F)(F)F. The van der Waals surface area contributed by atoms with E-state index in [1.54, 1.807) is 4.74 Å². The van der Waals surface area contributed by atoms with Crippen LogP contribution in [0.25, 0.3) is 0 Å². The van der Waals surface area contributed by atoms with Crippen molar-refractivity contribution in [1.82, 2.24) is 0 Å². The summed E-state index contributed by atoms with van der Waals surface area (Å²) in [6.45, 7) is 3.89. The Labute approximate surface area is 97.2 Å². The molecule has 12 heteroatoms. The van der Waals surface area contributed by atoms with Gasteiger partial charge in [0.2, 0.25) is 0 Å². The number of halogens is 11. The monoisotopic (exact) mass is 311 g/mol. The van der Waals surface area contributed by atoms with Crippen LogP contribution in [0.3, 0.4) is 0 Å². The molecule has 0 saturated carbocycles. The molecule has 0 aromatic carbocycles. The molecule has 1 nitrogen and oxygen atoms in total. The Hall–Kier alpha value is -1.07. The van der Waals surface area contributed by atoms with E-state index in [-0.39, 0.29) is 0 Å². The second-order valence-corrected chi connectivity index (χ2v) is 3.02. The van der Waals surface area contributed by atoms with Crippen LogP contribution >= 0.6 is 0 Å². The number of rotatable bonds is 4. The molecule has 1 atom stereocenters. The molecule has 0 fully saturated rings. The van der Waals surface area contributed by atoms with Crippen molar-refractivity contribution in [3.8, 4) is 0 Å². The van der Waals surface area contributed by atoms with Crippen molar-refractivity contribution in [2.45, 2.75) is 30.2 Å². The van der Waals surface area contributed by atoms with Crippen LogP contribution in [0, 0.1) is 6.58 Å². The van der Waals surface area contributed by atoms with Crippen LogP contribution < -0.4 is 0 Å². The molecule has 19 heavy (non-hydrogen) atoms. The van der Waals surface area contributed by atoms with Gasteiger partial charge in [0.1, 0.15) is 0 Å². The van der Waals surface area contributed by atoms with E-state index in [0.29, 0.717) is 0 Å². The van der Waals surface area contributed by atoms with Crippen LogP contribution in [-0.4, -0.2) is 30.2 Å². The predicted octanol–water partition coefficient (Wildman–Crippen LogP) is 4.01. The lowest BCUT2D eigenvalue weighted by Gasteiger charge is -2.36. The zero-order valence-electron chi connectivity index (χ0n) is 8.22. The first-order chi connectivity index (χ1) is 8.02. The molecule has 0 spiro atoms. The number of ether oxygens (including phenoxy) is 1. The molecule has 0 N–H and O–H groups in total. The minimum atomic E-state index is -6.93. The number of alkyl halides is 11. The summed E-state index contributed by atoms with van der Waals surface area (Å²) < 4.78 is 135. The fourth-order valence-electron chi connectivity index (χ4n) is 0.810. The van der Waals surface area contributed by atoms with E-state index in [0.717, 1.165) is 0 Å². The van der Waals surface area contributed by atoms with Gasteiger partial charge in [-0.3, -0.25) is 0 Å². The Balaban J connectivity index is 5.81. The fraction of sp³-hybridized carbons (Fsp3) is 0.714. The van der Waals surface area contributed by atoms with Gasteiger partial charge in [-0.05, 0) is 6.08 Å². The van der Waals surface area contributed by atoms with Gasteiger partial charge >= 0.3 is 24.6 Å². The normalized spacial score (nSPS) is 18.1. The molecule has 1 unspecified atom stereocenters. The predicted molar refractivity (Wildman–Crippen MR) is 35.8 cm³/mol. The zero-order valence-corrected chi connectivity index (χ0v) is 8.22. The fourth-order valence-corrected chi connectivity index (χ4v) is 0.810. The highest BCUT2D eigenvalue weighted by molar-refractivity contribution is 5.13. The molecule has 0 aliphatic carbocycles. The molecular formula is C7H2F11O. The highest BCUT2D eigenvalue weighted by Crippen LogP contribution is 2.54. The van der Waals surface area contributed by atoms with Gasteiger partial charge in [-0.2, -0.15) is 30.7 Å². The van der Waals surface area contributed by atoms with Crippen LogP contribution in [0.5, 0.6) is 0 Å². The molecule has 1 radical (unpaired) electrons. The Morgan fingerprint density at radius 3 is 1.32 bits per heavy atom. The summed E-state index contributed by atoms with van der Waals surface area (Å²) in [5.41, 5.74) is -6.26. The topological polar surface area (TPSA) is 9.23 Å². The van der Waals surface area contributed by atoms with Gasteiger partial charge in [0.15, 0.2) is 0 Å². The maximum atomic E-state index is 13.1. The van der Waals surface area contributed by atoms with E-state index in [1.807, 2.05) is 0 Å². The third-order valence-electron chi connectivity index (χ3n) is 1.71. The standard InChI is InChI=1S/C7H2F11O/c1-2-3(8,4(9,10)5(11,12)13)6(14,15)19-7(16,17)18/h1-2H. The first-order valence-corrected chi connectivity index (χ1v) is 3.86. The van der Waals surface area contributed by atoms with Crippen LogP contribution in [0.1, 0.15) is 0 Å². The second kappa shape index (κ2) is 4.49. The second-order valence-electron chi connectivity index (χ2n) is 3.02. The summed E-state index contributed by atoms with van der Waals surface area (Å²) in [6.07, 6.45) is -21.5. The van der Waals surface area contributed by atoms with Gasteiger partial charge in [0.05, 0.1) is 0 Å². The Morgan fingerprint density at radius 1 is 0.737 bits per heavy atom. The van der Waals surface area contributed by atoms with Gasteiger partial charge in [-0.15, -0.1) is 13.2 Å². The first-order valence-electron chi connectivity index (χ1n) is 3.86. The molecule has 0 bridgehead atoms. The van der Waals surface area contributed by atoms with E-state index in [4.69, 9.17) is 0 Å². The van der Waals surface area contributed by atoms with Crippen molar-refractivity contribution in [1.29, 1.82) is 0 Å². The van der Waals surface area contributed by atoms with Crippen molar-refractivity contribution >= 4 is 0 Å². The summed E-state index contributed by atoms with van der Waals surface area (Å²) >= 11 is 0. The summed E-state index contributed by atoms with van der Waals surface area (Å²) in [6, 6.07) is 0. The maximum absolute atomic E-state index is 13.1.